The molecule has 0 bridgehead atoms. The maximum atomic E-state index is 11.0. The minimum atomic E-state index is -0.837. The maximum absolute atomic E-state index is 11.0. The fourth-order valence-electron chi connectivity index (χ4n) is 3.56. The standard InChI is InChI=1S/C17H21N5O2/c23-17(24)22-9-7-20(8-10-22)13-3-4-14-15(11-13)18-12-19-16(14)21-5-1-2-6-21/h3-4,11-12H,1-2,5-10H2,(H,23,24). The Morgan fingerprint density at radius 1 is 0.958 bits per heavy atom. The first kappa shape index (κ1) is 15.0. The van der Waals surface area contributed by atoms with Crippen LogP contribution in [0.1, 0.15) is 12.8 Å². The molecule has 0 unspecified atom stereocenters. The van der Waals surface area contributed by atoms with Crippen LogP contribution < -0.4 is 9.80 Å². The first-order valence-corrected chi connectivity index (χ1v) is 8.45. The van der Waals surface area contributed by atoms with Crippen molar-refractivity contribution in [3.63, 3.8) is 0 Å². The predicted octanol–water partition coefficient (Wildman–Crippen LogP) is 2.03. The van der Waals surface area contributed by atoms with Crippen LogP contribution in [0.2, 0.25) is 0 Å². The van der Waals surface area contributed by atoms with Crippen LogP contribution in [0.25, 0.3) is 10.9 Å². The van der Waals surface area contributed by atoms with Crippen LogP contribution in [0, 0.1) is 0 Å². The summed E-state index contributed by atoms with van der Waals surface area (Å²) in [6.07, 6.45) is 3.24. The zero-order chi connectivity index (χ0) is 16.5. The SMILES string of the molecule is O=C(O)N1CCN(c2ccc3c(N4CCCC4)ncnc3c2)CC1. The molecule has 126 valence electrons. The Morgan fingerprint density at radius 3 is 2.42 bits per heavy atom. The second-order valence-corrected chi connectivity index (χ2v) is 6.35. The molecule has 0 saturated carbocycles. The molecule has 3 heterocycles. The zero-order valence-corrected chi connectivity index (χ0v) is 13.6. The highest BCUT2D eigenvalue weighted by molar-refractivity contribution is 5.91. The molecule has 2 fully saturated rings. The van der Waals surface area contributed by atoms with Crippen LogP contribution in [0.4, 0.5) is 16.3 Å². The van der Waals surface area contributed by atoms with Crippen molar-refractivity contribution in [3.05, 3.63) is 24.5 Å². The van der Waals surface area contributed by atoms with Gasteiger partial charge in [0.05, 0.1) is 5.52 Å². The van der Waals surface area contributed by atoms with Crippen molar-refractivity contribution < 1.29 is 9.90 Å². The fourth-order valence-corrected chi connectivity index (χ4v) is 3.56. The topological polar surface area (TPSA) is 72.8 Å². The largest absolute Gasteiger partial charge is 0.465 e. The number of carbonyl (C=O) groups is 1. The van der Waals surface area contributed by atoms with Crippen LogP contribution >= 0.6 is 0 Å². The van der Waals surface area contributed by atoms with Gasteiger partial charge in [-0.25, -0.2) is 14.8 Å². The van der Waals surface area contributed by atoms with Gasteiger partial charge in [0.1, 0.15) is 12.1 Å². The minimum Gasteiger partial charge on any atom is -0.465 e. The normalized spacial score (nSPS) is 18.4. The molecule has 1 aromatic carbocycles. The lowest BCUT2D eigenvalue weighted by atomic mass is 10.1. The molecular formula is C17H21N5O2. The van der Waals surface area contributed by atoms with E-state index in [9.17, 15) is 4.79 Å². The summed E-state index contributed by atoms with van der Waals surface area (Å²) >= 11 is 0. The summed E-state index contributed by atoms with van der Waals surface area (Å²) in [6, 6.07) is 6.29. The van der Waals surface area contributed by atoms with Crippen LogP contribution in [-0.4, -0.2) is 65.3 Å². The van der Waals surface area contributed by atoms with Gasteiger partial charge in [0.15, 0.2) is 0 Å². The summed E-state index contributed by atoms with van der Waals surface area (Å²) in [7, 11) is 0. The molecule has 1 amide bonds. The first-order chi connectivity index (χ1) is 11.7. The number of anilines is 2. The van der Waals surface area contributed by atoms with Gasteiger partial charge in [-0.2, -0.15) is 0 Å². The average Bonchev–Trinajstić information content (AvgIpc) is 3.15. The Morgan fingerprint density at radius 2 is 1.71 bits per heavy atom. The third kappa shape index (κ3) is 2.70. The number of benzene rings is 1. The summed E-state index contributed by atoms with van der Waals surface area (Å²) in [5, 5.41) is 10.1. The Labute approximate surface area is 140 Å². The fraction of sp³-hybridized carbons (Fsp3) is 0.471. The number of fused-ring (bicyclic) bond motifs is 1. The van der Waals surface area contributed by atoms with Crippen molar-refractivity contribution in [1.29, 1.82) is 0 Å². The number of carboxylic acid groups (broad SMARTS) is 1. The lowest BCUT2D eigenvalue weighted by molar-refractivity contribution is 0.142. The lowest BCUT2D eigenvalue weighted by Gasteiger charge is -2.34. The van der Waals surface area contributed by atoms with Gasteiger partial charge in [0.2, 0.25) is 0 Å². The molecule has 7 heteroatoms. The number of piperazine rings is 1. The van der Waals surface area contributed by atoms with E-state index >= 15 is 0 Å². The summed E-state index contributed by atoms with van der Waals surface area (Å²) in [4.78, 5) is 26.0. The smallest absolute Gasteiger partial charge is 0.407 e. The van der Waals surface area contributed by atoms with Crippen molar-refractivity contribution in [2.45, 2.75) is 12.8 Å². The molecule has 0 radical (unpaired) electrons. The predicted molar refractivity (Wildman–Crippen MR) is 92.8 cm³/mol. The molecule has 0 atom stereocenters. The Balaban J connectivity index is 1.59. The molecule has 2 aliphatic rings. The zero-order valence-electron chi connectivity index (χ0n) is 13.6. The summed E-state index contributed by atoms with van der Waals surface area (Å²) in [5.74, 6) is 1.03. The van der Waals surface area contributed by atoms with Crippen LogP contribution in [-0.2, 0) is 0 Å². The van der Waals surface area contributed by atoms with Gasteiger partial charge in [-0.05, 0) is 31.0 Å². The van der Waals surface area contributed by atoms with E-state index in [0.717, 1.165) is 35.5 Å². The van der Waals surface area contributed by atoms with Gasteiger partial charge in [0.25, 0.3) is 0 Å². The second kappa shape index (κ2) is 6.14. The Kier molecular flexibility index (Phi) is 3.84. The molecule has 4 rings (SSSR count). The van der Waals surface area contributed by atoms with Crippen molar-refractivity contribution in [3.8, 4) is 0 Å². The quantitative estimate of drug-likeness (QED) is 0.910. The summed E-state index contributed by atoms with van der Waals surface area (Å²) in [6.45, 7) is 4.62. The van der Waals surface area contributed by atoms with Crippen molar-refractivity contribution >= 4 is 28.5 Å². The molecule has 0 spiro atoms. The van der Waals surface area contributed by atoms with Gasteiger partial charge in [-0.15, -0.1) is 0 Å². The monoisotopic (exact) mass is 327 g/mol. The maximum Gasteiger partial charge on any atom is 0.407 e. The van der Waals surface area contributed by atoms with Crippen molar-refractivity contribution in [2.75, 3.05) is 49.1 Å². The van der Waals surface area contributed by atoms with E-state index in [0.29, 0.717) is 26.2 Å². The van der Waals surface area contributed by atoms with E-state index < -0.39 is 6.09 Å². The van der Waals surface area contributed by atoms with E-state index in [2.05, 4.69) is 38.0 Å². The molecule has 24 heavy (non-hydrogen) atoms. The molecule has 2 aliphatic heterocycles. The number of hydrogen-bond acceptors (Lipinski definition) is 5. The highest BCUT2D eigenvalue weighted by Crippen LogP contribution is 2.29. The number of nitrogens with zero attached hydrogens (tertiary/aromatic N) is 5. The van der Waals surface area contributed by atoms with E-state index in [-0.39, 0.29) is 0 Å². The van der Waals surface area contributed by atoms with Crippen LogP contribution in [0.5, 0.6) is 0 Å². The third-order valence-electron chi connectivity index (χ3n) is 4.92. The highest BCUT2D eigenvalue weighted by atomic mass is 16.4. The van der Waals surface area contributed by atoms with Gasteiger partial charge in [0, 0.05) is 50.3 Å². The number of amides is 1. The van der Waals surface area contributed by atoms with Crippen LogP contribution in [0.15, 0.2) is 24.5 Å². The first-order valence-electron chi connectivity index (χ1n) is 8.45. The summed E-state index contributed by atoms with van der Waals surface area (Å²) < 4.78 is 0. The minimum absolute atomic E-state index is 0.538. The molecule has 7 nitrogen and oxygen atoms in total. The second-order valence-electron chi connectivity index (χ2n) is 6.35. The summed E-state index contributed by atoms with van der Waals surface area (Å²) in [5.41, 5.74) is 2.05. The molecule has 0 aliphatic carbocycles. The molecule has 1 N–H and O–H groups in total. The number of rotatable bonds is 2. The van der Waals surface area contributed by atoms with Gasteiger partial charge < -0.3 is 19.8 Å². The Hall–Kier alpha value is -2.57. The lowest BCUT2D eigenvalue weighted by Crippen LogP contribution is -2.48. The number of aromatic nitrogens is 2. The van der Waals surface area contributed by atoms with Gasteiger partial charge >= 0.3 is 6.09 Å². The molecular weight excluding hydrogens is 306 g/mol. The molecule has 1 aromatic heterocycles. The average molecular weight is 327 g/mol. The van der Waals surface area contributed by atoms with E-state index in [1.54, 1.807) is 6.33 Å². The van der Waals surface area contributed by atoms with Crippen molar-refractivity contribution in [2.24, 2.45) is 0 Å². The van der Waals surface area contributed by atoms with E-state index in [1.807, 2.05) is 0 Å². The van der Waals surface area contributed by atoms with E-state index in [1.165, 1.54) is 17.7 Å². The molecule has 2 saturated heterocycles. The highest BCUT2D eigenvalue weighted by Gasteiger charge is 2.21. The van der Waals surface area contributed by atoms with Crippen molar-refractivity contribution in [1.82, 2.24) is 14.9 Å². The third-order valence-corrected chi connectivity index (χ3v) is 4.92. The van der Waals surface area contributed by atoms with Gasteiger partial charge in [-0.1, -0.05) is 0 Å². The van der Waals surface area contributed by atoms with Crippen LogP contribution in [0.3, 0.4) is 0 Å². The Bertz CT molecular complexity index is 752. The van der Waals surface area contributed by atoms with Gasteiger partial charge in [-0.3, -0.25) is 0 Å². The molecule has 2 aromatic rings. The van der Waals surface area contributed by atoms with E-state index in [4.69, 9.17) is 5.11 Å². The number of hydrogen-bond donors (Lipinski definition) is 1.